The van der Waals surface area contributed by atoms with Crippen LogP contribution in [0.25, 0.3) is 0 Å². The molecule has 1 amide bonds. The van der Waals surface area contributed by atoms with Gasteiger partial charge in [-0.15, -0.1) is 0 Å². The maximum Gasteiger partial charge on any atom is 0.254 e. The molecule has 0 bridgehead atoms. The van der Waals surface area contributed by atoms with Crippen LogP contribution >= 0.6 is 23.2 Å². The van der Waals surface area contributed by atoms with E-state index < -0.39 is 11.9 Å². The summed E-state index contributed by atoms with van der Waals surface area (Å²) in [5, 5.41) is 14.7. The van der Waals surface area contributed by atoms with Gasteiger partial charge in [0.25, 0.3) is 5.91 Å². The van der Waals surface area contributed by atoms with Crippen molar-refractivity contribution in [2.75, 3.05) is 5.32 Å². The highest BCUT2D eigenvalue weighted by Crippen LogP contribution is 2.33. The monoisotopic (exact) mass is 431 g/mol. The highest BCUT2D eigenvalue weighted by molar-refractivity contribution is 6.39. The molecular weight excluding hydrogens is 413 g/mol. The summed E-state index contributed by atoms with van der Waals surface area (Å²) in [6.45, 7) is 0. The number of para-hydroxylation sites is 2. The van der Waals surface area contributed by atoms with Crippen LogP contribution < -0.4 is 20.7 Å². The summed E-state index contributed by atoms with van der Waals surface area (Å²) in [7, 11) is 1.84. The van der Waals surface area contributed by atoms with Crippen LogP contribution in [-0.2, 0) is 18.3 Å². The molecule has 0 atom stereocenters. The molecule has 0 saturated carbocycles. The predicted molar refractivity (Wildman–Crippen MR) is 111 cm³/mol. The molecule has 8 heteroatoms. The Morgan fingerprint density at radius 2 is 1.69 bits per heavy atom. The summed E-state index contributed by atoms with van der Waals surface area (Å²) in [4.78, 5) is 21.3. The Morgan fingerprint density at radius 3 is 2.24 bits per heavy atom. The molecule has 1 heterocycles. The standard InChI is InChI=1S/C14H11Cl2NO2.C7H8N2O/c15-10-5-3-6-11(16)14(10)17-12-7-2-1-4-9(12)8-13(18)19;1-9-4-2-3-6(5-9)7(8)10/h1-7,17H,8H2,(H,18,19);2-5H,1H3,(H-,8,10). The van der Waals surface area contributed by atoms with Gasteiger partial charge in [0.1, 0.15) is 12.6 Å². The minimum absolute atomic E-state index is 0.175. The molecule has 1 aromatic heterocycles. The van der Waals surface area contributed by atoms with Crippen LogP contribution in [0.15, 0.2) is 67.0 Å². The lowest BCUT2D eigenvalue weighted by Gasteiger charge is -2.14. The van der Waals surface area contributed by atoms with Crippen LogP contribution in [0.4, 0.5) is 11.4 Å². The van der Waals surface area contributed by atoms with E-state index in [0.29, 0.717) is 32.5 Å². The van der Waals surface area contributed by atoms with Gasteiger partial charge in [-0.3, -0.25) is 4.79 Å². The number of nitrogens with one attached hydrogen (secondary N) is 1. The third-order valence-electron chi connectivity index (χ3n) is 3.80. The highest BCUT2D eigenvalue weighted by Gasteiger charge is 2.08. The minimum atomic E-state index is -1.14. The predicted octanol–water partition coefficient (Wildman–Crippen LogP) is 2.64. The van der Waals surface area contributed by atoms with Crippen molar-refractivity contribution in [3.05, 3.63) is 88.2 Å². The number of primary amides is 1. The van der Waals surface area contributed by atoms with Crippen LogP contribution in [0.2, 0.25) is 10.0 Å². The number of aryl methyl sites for hydroxylation is 1. The maximum absolute atomic E-state index is 10.7. The molecule has 0 spiro atoms. The molecule has 0 fully saturated rings. The van der Waals surface area contributed by atoms with Crippen molar-refractivity contribution in [2.45, 2.75) is 6.42 Å². The number of rotatable bonds is 5. The zero-order valence-electron chi connectivity index (χ0n) is 15.6. The number of pyridine rings is 1. The third kappa shape index (κ3) is 6.78. The molecule has 0 aliphatic rings. The van der Waals surface area contributed by atoms with Gasteiger partial charge >= 0.3 is 0 Å². The van der Waals surface area contributed by atoms with E-state index in [1.165, 1.54) is 0 Å². The van der Waals surface area contributed by atoms with Gasteiger partial charge in [0.05, 0.1) is 15.7 Å². The second kappa shape index (κ2) is 10.5. The third-order valence-corrected chi connectivity index (χ3v) is 4.43. The molecule has 2 aromatic carbocycles. The van der Waals surface area contributed by atoms with Crippen LogP contribution in [0.1, 0.15) is 15.9 Å². The number of nitrogens with zero attached hydrogens (tertiary/aromatic N) is 1. The van der Waals surface area contributed by atoms with Crippen LogP contribution in [0.3, 0.4) is 0 Å². The van der Waals surface area contributed by atoms with Crippen molar-refractivity contribution < 1.29 is 19.3 Å². The molecule has 0 aliphatic carbocycles. The van der Waals surface area contributed by atoms with E-state index in [9.17, 15) is 14.7 Å². The van der Waals surface area contributed by atoms with Crippen molar-refractivity contribution in [1.82, 2.24) is 0 Å². The number of hydrogen-bond acceptors (Lipinski definition) is 4. The number of aliphatic carboxylic acids is 1. The highest BCUT2D eigenvalue weighted by atomic mass is 35.5. The Hall–Kier alpha value is -3.09. The van der Waals surface area contributed by atoms with E-state index in [-0.39, 0.29) is 6.42 Å². The fourth-order valence-electron chi connectivity index (χ4n) is 2.44. The van der Waals surface area contributed by atoms with Gasteiger partial charge < -0.3 is 21.0 Å². The number of hydrogen-bond donors (Lipinski definition) is 2. The van der Waals surface area contributed by atoms with E-state index in [2.05, 4.69) is 5.32 Å². The summed E-state index contributed by atoms with van der Waals surface area (Å²) in [5.74, 6) is -1.53. The number of amides is 1. The molecular formula is C21H19Cl2N3O3. The first-order valence-electron chi connectivity index (χ1n) is 8.52. The first-order chi connectivity index (χ1) is 13.8. The quantitative estimate of drug-likeness (QED) is 0.606. The molecule has 3 aromatic rings. The number of benzene rings is 2. The van der Waals surface area contributed by atoms with Crippen molar-refractivity contribution in [3.8, 4) is 0 Å². The molecule has 29 heavy (non-hydrogen) atoms. The number of carbonyl (C=O) groups excluding carboxylic acids is 2. The normalized spacial score (nSPS) is 9.90. The van der Waals surface area contributed by atoms with Gasteiger partial charge in [0.15, 0.2) is 12.4 Å². The number of carboxylic acid groups (broad SMARTS) is 1. The Balaban J connectivity index is 0.000000253. The molecule has 0 unspecified atom stereocenters. The number of carbonyl (C=O) groups is 2. The number of carboxylic acids is 1. The molecule has 0 saturated heterocycles. The summed E-state index contributed by atoms with van der Waals surface area (Å²) in [6, 6.07) is 15.6. The maximum atomic E-state index is 10.7. The number of aromatic nitrogens is 1. The summed E-state index contributed by atoms with van der Waals surface area (Å²) in [6.07, 6.45) is 3.35. The second-order valence-corrected chi connectivity index (χ2v) is 6.86. The van der Waals surface area contributed by atoms with Crippen molar-refractivity contribution in [1.29, 1.82) is 0 Å². The smallest absolute Gasteiger partial charge is 0.254 e. The summed E-state index contributed by atoms with van der Waals surface area (Å²) < 4.78 is 1.78. The molecule has 3 rings (SSSR count). The van der Waals surface area contributed by atoms with Crippen LogP contribution in [0, 0.1) is 0 Å². The first-order valence-corrected chi connectivity index (χ1v) is 9.27. The van der Waals surface area contributed by atoms with Crippen molar-refractivity contribution in [3.63, 3.8) is 0 Å². The summed E-state index contributed by atoms with van der Waals surface area (Å²) >= 11 is 12.1. The minimum Gasteiger partial charge on any atom is -0.550 e. The van der Waals surface area contributed by atoms with Crippen molar-refractivity contribution in [2.24, 2.45) is 12.8 Å². The van der Waals surface area contributed by atoms with Gasteiger partial charge in [-0.1, -0.05) is 47.5 Å². The molecule has 3 N–H and O–H groups in total. The molecule has 0 aliphatic heterocycles. The lowest BCUT2D eigenvalue weighted by molar-refractivity contribution is -0.671. The Morgan fingerprint density at radius 1 is 1.03 bits per heavy atom. The van der Waals surface area contributed by atoms with Crippen LogP contribution in [-0.4, -0.2) is 11.9 Å². The zero-order valence-corrected chi connectivity index (χ0v) is 17.1. The topological polar surface area (TPSA) is 99.1 Å². The number of halogens is 2. The van der Waals surface area contributed by atoms with E-state index in [4.69, 9.17) is 28.9 Å². The number of anilines is 2. The molecule has 150 valence electrons. The van der Waals surface area contributed by atoms with Crippen LogP contribution in [0.5, 0.6) is 0 Å². The number of nitrogens with two attached hydrogens (primary N) is 1. The average Bonchev–Trinajstić information content (AvgIpc) is 2.66. The first kappa shape index (κ1) is 22.2. The fourth-order valence-corrected chi connectivity index (χ4v) is 2.93. The largest absolute Gasteiger partial charge is 0.550 e. The lowest BCUT2D eigenvalue weighted by Crippen LogP contribution is -2.28. The fraction of sp³-hybridized carbons (Fsp3) is 0.0952. The Bertz CT molecular complexity index is 1010. The van der Waals surface area contributed by atoms with Gasteiger partial charge in [-0.25, -0.2) is 4.57 Å². The van der Waals surface area contributed by atoms with Gasteiger partial charge in [0, 0.05) is 24.1 Å². The van der Waals surface area contributed by atoms with E-state index in [1.54, 1.807) is 65.4 Å². The second-order valence-electron chi connectivity index (χ2n) is 6.05. The lowest BCUT2D eigenvalue weighted by atomic mass is 10.1. The van der Waals surface area contributed by atoms with Gasteiger partial charge in [-0.2, -0.15) is 0 Å². The summed E-state index contributed by atoms with van der Waals surface area (Å²) in [5.41, 5.74) is 7.37. The van der Waals surface area contributed by atoms with Gasteiger partial charge in [-0.05, 0) is 29.8 Å². The zero-order chi connectivity index (χ0) is 21.4. The SMILES string of the molecule is C[n+]1cccc(C(N)=O)c1.O=C([O-])Cc1ccccc1Nc1c(Cl)cccc1Cl. The van der Waals surface area contributed by atoms with E-state index in [1.807, 2.05) is 13.2 Å². The molecule has 6 nitrogen and oxygen atoms in total. The average molecular weight is 432 g/mol. The Labute approximate surface area is 178 Å². The Kier molecular flexibility index (Phi) is 8.00. The van der Waals surface area contributed by atoms with Gasteiger partial charge in [0.2, 0.25) is 0 Å². The van der Waals surface area contributed by atoms with Crippen molar-refractivity contribution >= 4 is 46.5 Å². The van der Waals surface area contributed by atoms with E-state index in [0.717, 1.165) is 0 Å². The molecule has 0 radical (unpaired) electrons. The van der Waals surface area contributed by atoms with E-state index >= 15 is 0 Å².